The second-order valence-electron chi connectivity index (χ2n) is 8.83. The predicted octanol–water partition coefficient (Wildman–Crippen LogP) is 4.39. The van der Waals surface area contributed by atoms with Gasteiger partial charge in [-0.2, -0.15) is 0 Å². The number of fused-ring (bicyclic) bond motifs is 7. The topological polar surface area (TPSA) is 69.7 Å². The molecule has 1 spiro atoms. The summed E-state index contributed by atoms with van der Waals surface area (Å²) in [6, 6.07) is 8.05. The van der Waals surface area contributed by atoms with E-state index in [0.717, 1.165) is 23.3 Å². The van der Waals surface area contributed by atoms with Crippen molar-refractivity contribution in [2.75, 3.05) is 16.8 Å². The number of halogens is 3. The Balaban J connectivity index is 1.58. The molecule has 4 heterocycles. The van der Waals surface area contributed by atoms with Crippen molar-refractivity contribution in [3.05, 3.63) is 56.5 Å². The average Bonchev–Trinajstić information content (AvgIpc) is 3.46. The first kappa shape index (κ1) is 20.5. The normalized spacial score (nSPS) is 30.8. The lowest BCUT2D eigenvalue weighted by Crippen LogP contribution is -2.54. The highest BCUT2D eigenvalue weighted by Crippen LogP contribution is 2.61. The Morgan fingerprint density at radius 3 is 2.56 bits per heavy atom. The van der Waals surface area contributed by atoms with Crippen molar-refractivity contribution >= 4 is 63.9 Å². The Bertz CT molecular complexity index is 1250. The summed E-state index contributed by atoms with van der Waals surface area (Å²) in [6.45, 7) is 2.48. The summed E-state index contributed by atoms with van der Waals surface area (Å²) >= 11 is 18.8. The van der Waals surface area contributed by atoms with Gasteiger partial charge in [-0.05, 0) is 56.1 Å². The molecule has 3 saturated heterocycles. The Hall–Kier alpha value is -2.12. The summed E-state index contributed by atoms with van der Waals surface area (Å²) in [6.07, 6.45) is 1.60. The monoisotopic (exact) mass is 489 g/mol. The lowest BCUT2D eigenvalue weighted by atomic mass is 9.75. The molecule has 4 aliphatic rings. The number of carbonyl (C=O) groups excluding carboxylic acids is 3. The van der Waals surface area contributed by atoms with E-state index in [0.29, 0.717) is 27.8 Å². The van der Waals surface area contributed by atoms with Crippen molar-refractivity contribution in [2.24, 2.45) is 11.8 Å². The van der Waals surface area contributed by atoms with E-state index in [1.54, 1.807) is 18.2 Å². The Labute approximate surface area is 199 Å². The van der Waals surface area contributed by atoms with E-state index < -0.39 is 23.3 Å². The zero-order chi connectivity index (χ0) is 22.5. The molecule has 3 amide bonds. The maximum absolute atomic E-state index is 13.9. The summed E-state index contributed by atoms with van der Waals surface area (Å²) < 4.78 is 0. The molecule has 1 N–H and O–H groups in total. The summed E-state index contributed by atoms with van der Waals surface area (Å²) in [4.78, 5) is 44.5. The molecule has 4 aliphatic heterocycles. The van der Waals surface area contributed by atoms with Gasteiger partial charge in [0.25, 0.3) is 0 Å². The van der Waals surface area contributed by atoms with E-state index in [4.69, 9.17) is 34.8 Å². The SMILES string of the molecule is Cc1c(Cl)ccc2c1NC(=O)[C@@]21[C@@H]2C(=O)N(c3cc(Cl)ccc3Cl)C(=O)[C@@H]2[C@@H]2CCCN21. The predicted molar refractivity (Wildman–Crippen MR) is 122 cm³/mol. The van der Waals surface area contributed by atoms with Gasteiger partial charge in [-0.15, -0.1) is 0 Å². The van der Waals surface area contributed by atoms with Gasteiger partial charge in [0.05, 0.1) is 28.2 Å². The number of rotatable bonds is 1. The molecule has 32 heavy (non-hydrogen) atoms. The van der Waals surface area contributed by atoms with Crippen LogP contribution in [0, 0.1) is 18.8 Å². The van der Waals surface area contributed by atoms with Crippen LogP contribution < -0.4 is 10.2 Å². The molecule has 6 rings (SSSR count). The van der Waals surface area contributed by atoms with Crippen LogP contribution in [0.3, 0.4) is 0 Å². The van der Waals surface area contributed by atoms with Crippen LogP contribution in [0.5, 0.6) is 0 Å². The van der Waals surface area contributed by atoms with Crippen molar-refractivity contribution in [3.8, 4) is 0 Å². The standard InChI is InChI=1S/C23H18Cl3N3O3/c1-10-13(25)7-5-12-19(10)27-22(32)23(12)18-17(15-3-2-8-28(15)23)20(30)29(21(18)31)16-9-11(24)4-6-14(16)26/h4-7,9,15,17-18H,2-3,8H2,1H3,(H,27,32)/t15-,17+,18-,23-/m0/s1. The molecular formula is C23H18Cl3N3O3. The van der Waals surface area contributed by atoms with Gasteiger partial charge in [0.1, 0.15) is 5.54 Å². The zero-order valence-corrected chi connectivity index (χ0v) is 19.3. The molecule has 4 atom stereocenters. The van der Waals surface area contributed by atoms with Crippen molar-refractivity contribution < 1.29 is 14.4 Å². The number of nitrogens with zero attached hydrogens (tertiary/aromatic N) is 2. The van der Waals surface area contributed by atoms with Crippen LogP contribution in [0.15, 0.2) is 30.3 Å². The first-order chi connectivity index (χ1) is 15.3. The Morgan fingerprint density at radius 1 is 1.03 bits per heavy atom. The molecule has 3 fully saturated rings. The highest BCUT2D eigenvalue weighted by Gasteiger charge is 2.74. The van der Waals surface area contributed by atoms with Gasteiger partial charge in [0, 0.05) is 21.7 Å². The van der Waals surface area contributed by atoms with Gasteiger partial charge in [-0.25, -0.2) is 4.90 Å². The number of anilines is 2. The highest BCUT2D eigenvalue weighted by molar-refractivity contribution is 6.38. The minimum absolute atomic E-state index is 0.202. The number of benzene rings is 2. The average molecular weight is 491 g/mol. The summed E-state index contributed by atoms with van der Waals surface area (Å²) in [5.74, 6) is -2.51. The lowest BCUT2D eigenvalue weighted by molar-refractivity contribution is -0.135. The fraction of sp³-hybridized carbons (Fsp3) is 0.348. The number of hydrogen-bond donors (Lipinski definition) is 1. The van der Waals surface area contributed by atoms with Gasteiger partial charge in [-0.1, -0.05) is 40.9 Å². The van der Waals surface area contributed by atoms with Gasteiger partial charge >= 0.3 is 0 Å². The zero-order valence-electron chi connectivity index (χ0n) is 17.0. The number of nitrogens with one attached hydrogen (secondary N) is 1. The summed E-state index contributed by atoms with van der Waals surface area (Å²) in [7, 11) is 0. The van der Waals surface area contributed by atoms with Gasteiger partial charge in [-0.3, -0.25) is 19.3 Å². The number of amides is 3. The molecule has 0 unspecified atom stereocenters. The van der Waals surface area contributed by atoms with Gasteiger partial charge in [0.15, 0.2) is 0 Å². The van der Waals surface area contributed by atoms with Gasteiger partial charge < -0.3 is 5.32 Å². The maximum Gasteiger partial charge on any atom is 0.250 e. The summed E-state index contributed by atoms with van der Waals surface area (Å²) in [5.41, 5.74) is 1.11. The molecule has 0 aliphatic carbocycles. The highest BCUT2D eigenvalue weighted by atomic mass is 35.5. The Kier molecular flexibility index (Phi) is 4.29. The van der Waals surface area contributed by atoms with E-state index in [2.05, 4.69) is 10.2 Å². The number of hydrogen-bond acceptors (Lipinski definition) is 4. The first-order valence-electron chi connectivity index (χ1n) is 10.5. The maximum atomic E-state index is 13.9. The van der Waals surface area contributed by atoms with Crippen LogP contribution in [-0.4, -0.2) is 35.2 Å². The van der Waals surface area contributed by atoms with Crippen LogP contribution in [0.1, 0.15) is 24.0 Å². The van der Waals surface area contributed by atoms with Crippen molar-refractivity contribution in [1.82, 2.24) is 4.90 Å². The molecular weight excluding hydrogens is 473 g/mol. The van der Waals surface area contributed by atoms with E-state index in [-0.39, 0.29) is 28.6 Å². The van der Waals surface area contributed by atoms with Crippen LogP contribution in [0.2, 0.25) is 15.1 Å². The van der Waals surface area contributed by atoms with E-state index in [9.17, 15) is 14.4 Å². The van der Waals surface area contributed by atoms with E-state index in [1.807, 2.05) is 13.0 Å². The molecule has 9 heteroatoms. The number of carbonyl (C=O) groups is 3. The molecule has 0 bridgehead atoms. The fourth-order valence-corrected chi connectivity index (χ4v) is 6.81. The van der Waals surface area contributed by atoms with Gasteiger partial charge in [0.2, 0.25) is 17.7 Å². The molecule has 2 aromatic rings. The lowest BCUT2D eigenvalue weighted by Gasteiger charge is -2.36. The van der Waals surface area contributed by atoms with Crippen molar-refractivity contribution in [2.45, 2.75) is 31.3 Å². The molecule has 164 valence electrons. The van der Waals surface area contributed by atoms with Crippen LogP contribution in [-0.2, 0) is 19.9 Å². The minimum atomic E-state index is -1.25. The third-order valence-electron chi connectivity index (χ3n) is 7.51. The molecule has 0 radical (unpaired) electrons. The first-order valence-corrected chi connectivity index (χ1v) is 11.6. The second-order valence-corrected chi connectivity index (χ2v) is 10.1. The van der Waals surface area contributed by atoms with Crippen molar-refractivity contribution in [1.29, 1.82) is 0 Å². The van der Waals surface area contributed by atoms with E-state index >= 15 is 0 Å². The molecule has 0 saturated carbocycles. The van der Waals surface area contributed by atoms with Crippen molar-refractivity contribution in [3.63, 3.8) is 0 Å². The van der Waals surface area contributed by atoms with E-state index in [1.165, 1.54) is 6.07 Å². The fourth-order valence-electron chi connectivity index (χ4n) is 6.29. The quantitative estimate of drug-likeness (QED) is 0.602. The van der Waals surface area contributed by atoms with Crippen LogP contribution in [0.25, 0.3) is 0 Å². The second kappa shape index (κ2) is 6.70. The smallest absolute Gasteiger partial charge is 0.250 e. The molecule has 2 aromatic carbocycles. The third kappa shape index (κ3) is 2.29. The Morgan fingerprint density at radius 2 is 1.78 bits per heavy atom. The molecule has 0 aromatic heterocycles. The summed E-state index contributed by atoms with van der Waals surface area (Å²) in [5, 5.41) is 4.14. The largest absolute Gasteiger partial charge is 0.324 e. The minimum Gasteiger partial charge on any atom is -0.324 e. The molecule has 6 nitrogen and oxygen atoms in total. The number of imide groups is 1. The van der Waals surface area contributed by atoms with Crippen LogP contribution in [0.4, 0.5) is 11.4 Å². The van der Waals surface area contributed by atoms with Crippen LogP contribution >= 0.6 is 34.8 Å². The third-order valence-corrected chi connectivity index (χ3v) is 8.48.